The lowest BCUT2D eigenvalue weighted by Gasteiger charge is -2.29. The largest absolute Gasteiger partial charge is 0.490 e. The Balaban J connectivity index is 1.51. The molecule has 2 aromatic rings. The smallest absolute Gasteiger partial charge is 0.200 e. The van der Waals surface area contributed by atoms with E-state index in [1.54, 1.807) is 6.07 Å². The molecule has 0 aliphatic heterocycles. The molecule has 2 aromatic carbocycles. The molecule has 0 N–H and O–H groups in total. The predicted molar refractivity (Wildman–Crippen MR) is 117 cm³/mol. The van der Waals surface area contributed by atoms with E-state index in [-0.39, 0.29) is 35.5 Å². The molecule has 0 heterocycles. The molecule has 3 rings (SSSR count). The maximum Gasteiger partial charge on any atom is 0.200 e. The molecular weight excluding hydrogens is 420 g/mol. The molecule has 0 spiro atoms. The molecule has 0 amide bonds. The van der Waals surface area contributed by atoms with Gasteiger partial charge in [-0.25, -0.2) is 8.78 Å². The third-order valence-corrected chi connectivity index (χ3v) is 6.33. The van der Waals surface area contributed by atoms with E-state index in [9.17, 15) is 17.6 Å². The fraction of sp³-hybridized carbons (Fsp3) is 0.538. The van der Waals surface area contributed by atoms with Crippen molar-refractivity contribution in [3.8, 4) is 11.5 Å². The second kappa shape index (κ2) is 11.6. The third kappa shape index (κ3) is 5.96. The summed E-state index contributed by atoms with van der Waals surface area (Å²) < 4.78 is 67.8. The topological polar surface area (TPSA) is 18.5 Å². The molecule has 1 saturated carbocycles. The highest BCUT2D eigenvalue weighted by atomic mass is 19.2. The Bertz CT molecular complexity index is 892. The monoisotopic (exact) mass is 452 g/mol. The number of hydrogen-bond acceptors (Lipinski definition) is 2. The number of unbranched alkanes of at least 4 members (excludes halogenated alkanes) is 3. The van der Waals surface area contributed by atoms with Crippen LogP contribution in [0.15, 0.2) is 24.3 Å². The summed E-state index contributed by atoms with van der Waals surface area (Å²) in [7, 11) is 0. The van der Waals surface area contributed by atoms with E-state index in [1.165, 1.54) is 25.1 Å². The summed E-state index contributed by atoms with van der Waals surface area (Å²) >= 11 is 0. The van der Waals surface area contributed by atoms with Gasteiger partial charge in [0.15, 0.2) is 23.1 Å². The Morgan fingerprint density at radius 1 is 0.750 bits per heavy atom. The molecule has 2 nitrogen and oxygen atoms in total. The van der Waals surface area contributed by atoms with Gasteiger partial charge in [0.1, 0.15) is 0 Å². The van der Waals surface area contributed by atoms with Crippen molar-refractivity contribution in [3.05, 3.63) is 58.7 Å². The Hall–Kier alpha value is -2.24. The Morgan fingerprint density at radius 2 is 1.41 bits per heavy atom. The Morgan fingerprint density at radius 3 is 2.12 bits per heavy atom. The van der Waals surface area contributed by atoms with E-state index in [0.29, 0.717) is 25.0 Å². The fourth-order valence-electron chi connectivity index (χ4n) is 4.27. The maximum absolute atomic E-state index is 14.7. The van der Waals surface area contributed by atoms with Crippen molar-refractivity contribution < 1.29 is 27.0 Å². The Kier molecular flexibility index (Phi) is 8.83. The normalized spacial score (nSPS) is 18.6. The lowest BCUT2D eigenvalue weighted by Crippen LogP contribution is -2.20. The third-order valence-electron chi connectivity index (χ3n) is 6.33. The first kappa shape index (κ1) is 24.4. The van der Waals surface area contributed by atoms with Gasteiger partial charge in [-0.15, -0.1) is 0 Å². The van der Waals surface area contributed by atoms with Crippen LogP contribution in [-0.2, 0) is 0 Å². The van der Waals surface area contributed by atoms with Crippen LogP contribution in [-0.4, -0.2) is 13.2 Å². The van der Waals surface area contributed by atoms with E-state index < -0.39 is 23.3 Å². The molecule has 1 fully saturated rings. The zero-order valence-corrected chi connectivity index (χ0v) is 18.9. The summed E-state index contributed by atoms with van der Waals surface area (Å²) in [5.74, 6) is -3.64. The maximum atomic E-state index is 14.7. The molecule has 0 radical (unpaired) electrons. The molecule has 0 bridgehead atoms. The molecule has 32 heavy (non-hydrogen) atoms. The zero-order valence-electron chi connectivity index (χ0n) is 18.9. The van der Waals surface area contributed by atoms with Crippen LogP contribution in [0, 0.1) is 36.1 Å². The second-order valence-electron chi connectivity index (χ2n) is 8.73. The standard InChI is InChI=1S/C26H32F4O2/c1-3-4-5-6-15-31-21-14-12-20(24(28)26(21)30)19-10-8-18(9-11-19)16-32-22-13-7-17(2)23(27)25(22)29/h7,12-14,18-19H,3-6,8-11,15-16H2,1-2H3. The SMILES string of the molecule is CCCCCCOc1ccc(C2CCC(COc3ccc(C)c(F)c3F)CC2)c(F)c1F. The summed E-state index contributed by atoms with van der Waals surface area (Å²) in [5.41, 5.74) is 0.615. The van der Waals surface area contributed by atoms with Gasteiger partial charge in [0.05, 0.1) is 13.2 Å². The van der Waals surface area contributed by atoms with E-state index in [2.05, 4.69) is 6.92 Å². The summed E-state index contributed by atoms with van der Waals surface area (Å²) in [6.07, 6.45) is 6.91. The highest BCUT2D eigenvalue weighted by molar-refractivity contribution is 5.33. The molecule has 1 aliphatic carbocycles. The summed E-state index contributed by atoms with van der Waals surface area (Å²) in [6.45, 7) is 4.26. The molecule has 1 aliphatic rings. The van der Waals surface area contributed by atoms with Gasteiger partial charge in [0, 0.05) is 0 Å². The van der Waals surface area contributed by atoms with E-state index in [0.717, 1.165) is 38.5 Å². The zero-order chi connectivity index (χ0) is 23.1. The minimum absolute atomic E-state index is 0.0304. The lowest BCUT2D eigenvalue weighted by atomic mass is 9.79. The molecule has 0 atom stereocenters. The second-order valence-corrected chi connectivity index (χ2v) is 8.73. The van der Waals surface area contributed by atoms with Gasteiger partial charge < -0.3 is 9.47 Å². The average Bonchev–Trinajstić information content (AvgIpc) is 2.80. The van der Waals surface area contributed by atoms with Crippen molar-refractivity contribution >= 4 is 0 Å². The quantitative estimate of drug-likeness (QED) is 0.270. The average molecular weight is 453 g/mol. The van der Waals surface area contributed by atoms with E-state index in [1.807, 2.05) is 0 Å². The van der Waals surface area contributed by atoms with Gasteiger partial charge in [0.25, 0.3) is 0 Å². The van der Waals surface area contributed by atoms with Crippen molar-refractivity contribution in [1.29, 1.82) is 0 Å². The molecule has 0 saturated heterocycles. The van der Waals surface area contributed by atoms with Crippen molar-refractivity contribution in [1.82, 2.24) is 0 Å². The minimum atomic E-state index is -0.969. The molecule has 0 aromatic heterocycles. The van der Waals surface area contributed by atoms with Gasteiger partial charge >= 0.3 is 0 Å². The van der Waals surface area contributed by atoms with Crippen molar-refractivity contribution in [2.24, 2.45) is 5.92 Å². The first-order chi connectivity index (χ1) is 15.4. The number of aryl methyl sites for hydroxylation is 1. The summed E-state index contributed by atoms with van der Waals surface area (Å²) in [5, 5.41) is 0. The van der Waals surface area contributed by atoms with Gasteiger partial charge in [-0.1, -0.05) is 38.3 Å². The van der Waals surface area contributed by atoms with Gasteiger partial charge in [-0.05, 0) is 74.1 Å². The van der Waals surface area contributed by atoms with Crippen LogP contribution < -0.4 is 9.47 Å². The number of rotatable bonds is 10. The lowest BCUT2D eigenvalue weighted by molar-refractivity contribution is 0.191. The Labute approximate surface area is 187 Å². The van der Waals surface area contributed by atoms with Gasteiger partial charge in [0.2, 0.25) is 11.6 Å². The summed E-state index contributed by atoms with van der Waals surface area (Å²) in [4.78, 5) is 0. The number of benzene rings is 2. The number of ether oxygens (including phenoxy) is 2. The van der Waals surface area contributed by atoms with Crippen LogP contribution in [0.2, 0.25) is 0 Å². The van der Waals surface area contributed by atoms with Crippen molar-refractivity contribution in [2.75, 3.05) is 13.2 Å². The summed E-state index contributed by atoms with van der Waals surface area (Å²) in [6, 6.07) is 6.08. The van der Waals surface area contributed by atoms with E-state index in [4.69, 9.17) is 9.47 Å². The highest BCUT2D eigenvalue weighted by Crippen LogP contribution is 2.39. The van der Waals surface area contributed by atoms with Crippen molar-refractivity contribution in [2.45, 2.75) is 71.1 Å². The molecular formula is C26H32F4O2. The van der Waals surface area contributed by atoms with Gasteiger partial charge in [-0.2, -0.15) is 8.78 Å². The fourth-order valence-corrected chi connectivity index (χ4v) is 4.27. The first-order valence-corrected chi connectivity index (χ1v) is 11.6. The van der Waals surface area contributed by atoms with Crippen LogP contribution in [0.3, 0.4) is 0 Å². The minimum Gasteiger partial charge on any atom is -0.490 e. The van der Waals surface area contributed by atoms with Crippen LogP contribution >= 0.6 is 0 Å². The number of halogens is 4. The molecule has 176 valence electrons. The highest BCUT2D eigenvalue weighted by Gasteiger charge is 2.27. The molecule has 0 unspecified atom stereocenters. The van der Waals surface area contributed by atoms with Crippen LogP contribution in [0.25, 0.3) is 0 Å². The van der Waals surface area contributed by atoms with Crippen LogP contribution in [0.5, 0.6) is 11.5 Å². The van der Waals surface area contributed by atoms with Crippen LogP contribution in [0.1, 0.15) is 75.3 Å². The van der Waals surface area contributed by atoms with Gasteiger partial charge in [-0.3, -0.25) is 0 Å². The van der Waals surface area contributed by atoms with Crippen LogP contribution in [0.4, 0.5) is 17.6 Å². The predicted octanol–water partition coefficient (Wildman–Crippen LogP) is 7.86. The molecule has 6 heteroatoms. The van der Waals surface area contributed by atoms with Crippen molar-refractivity contribution in [3.63, 3.8) is 0 Å². The van der Waals surface area contributed by atoms with E-state index >= 15 is 0 Å². The first-order valence-electron chi connectivity index (χ1n) is 11.6. The number of hydrogen-bond donors (Lipinski definition) is 0.